The number of rotatable bonds is 7. The second-order valence-electron chi connectivity index (χ2n) is 3.00. The molecule has 0 fully saturated rings. The molecule has 1 atom stereocenters. The lowest BCUT2D eigenvalue weighted by Gasteiger charge is -2.07. The maximum atomic E-state index is 11.6. The van der Waals surface area contributed by atoms with Crippen LogP contribution >= 0.6 is 11.6 Å². The summed E-state index contributed by atoms with van der Waals surface area (Å²) in [7, 11) is 0. The summed E-state index contributed by atoms with van der Waals surface area (Å²) in [6, 6.07) is 0. The van der Waals surface area contributed by atoms with Gasteiger partial charge in [-0.15, -0.1) is 11.6 Å². The Morgan fingerprint density at radius 3 is 2.58 bits per heavy atom. The van der Waals surface area contributed by atoms with E-state index < -0.39 is 6.43 Å². The first kappa shape index (κ1) is 12.1. The first-order chi connectivity index (χ1) is 5.66. The van der Waals surface area contributed by atoms with E-state index in [9.17, 15) is 8.78 Å². The van der Waals surface area contributed by atoms with Crippen LogP contribution in [0.5, 0.6) is 0 Å². The average Bonchev–Trinajstić information content (AvgIpc) is 2.03. The molecule has 0 spiro atoms. The topological polar surface area (TPSA) is 12.0 Å². The molecule has 0 aromatic rings. The van der Waals surface area contributed by atoms with Crippen molar-refractivity contribution in [3.8, 4) is 0 Å². The van der Waals surface area contributed by atoms with E-state index >= 15 is 0 Å². The summed E-state index contributed by atoms with van der Waals surface area (Å²) in [4.78, 5) is 0. The maximum Gasteiger partial charge on any atom is 0.250 e. The highest BCUT2D eigenvalue weighted by Crippen LogP contribution is 2.05. The van der Waals surface area contributed by atoms with Gasteiger partial charge in [0.1, 0.15) is 0 Å². The van der Waals surface area contributed by atoms with Crippen molar-refractivity contribution in [3.63, 3.8) is 0 Å². The third-order valence-corrected chi connectivity index (χ3v) is 2.14. The first-order valence-electron chi connectivity index (χ1n) is 4.21. The van der Waals surface area contributed by atoms with E-state index in [1.54, 1.807) is 0 Å². The number of hydrogen-bond acceptors (Lipinski definition) is 1. The van der Waals surface area contributed by atoms with E-state index in [-0.39, 0.29) is 6.54 Å². The molecule has 0 aromatic carbocycles. The van der Waals surface area contributed by atoms with Gasteiger partial charge in [-0.3, -0.25) is 0 Å². The zero-order valence-electron chi connectivity index (χ0n) is 7.32. The monoisotopic (exact) mass is 199 g/mol. The van der Waals surface area contributed by atoms with Gasteiger partial charge in [0, 0.05) is 5.88 Å². The van der Waals surface area contributed by atoms with E-state index in [1.165, 1.54) is 0 Å². The van der Waals surface area contributed by atoms with Gasteiger partial charge in [-0.25, -0.2) is 8.78 Å². The quantitative estimate of drug-likeness (QED) is 0.491. The summed E-state index contributed by atoms with van der Waals surface area (Å²) in [5.74, 6) is 1.13. The molecule has 4 heteroatoms. The molecule has 0 aliphatic carbocycles. The van der Waals surface area contributed by atoms with Gasteiger partial charge >= 0.3 is 0 Å². The van der Waals surface area contributed by atoms with Gasteiger partial charge in [0.05, 0.1) is 6.54 Å². The minimum Gasteiger partial charge on any atom is -0.311 e. The Bertz CT molecular complexity index is 101. The fourth-order valence-corrected chi connectivity index (χ4v) is 1.02. The van der Waals surface area contributed by atoms with E-state index in [4.69, 9.17) is 11.6 Å². The number of nitrogens with one attached hydrogen (secondary N) is 1. The predicted molar refractivity (Wildman–Crippen MR) is 48.0 cm³/mol. The third-order valence-electron chi connectivity index (χ3n) is 1.61. The molecular weight excluding hydrogens is 184 g/mol. The first-order valence-corrected chi connectivity index (χ1v) is 4.75. The van der Waals surface area contributed by atoms with Crippen molar-refractivity contribution in [2.45, 2.75) is 26.2 Å². The fourth-order valence-electron chi connectivity index (χ4n) is 0.864. The SMILES string of the molecule is CC(CCl)CCCNCC(F)F. The van der Waals surface area contributed by atoms with Crippen LogP contribution in [-0.4, -0.2) is 25.4 Å². The van der Waals surface area contributed by atoms with E-state index in [0.29, 0.717) is 18.3 Å². The summed E-state index contributed by atoms with van der Waals surface area (Å²) < 4.78 is 23.2. The Morgan fingerprint density at radius 2 is 2.08 bits per heavy atom. The largest absolute Gasteiger partial charge is 0.311 e. The second-order valence-corrected chi connectivity index (χ2v) is 3.31. The van der Waals surface area contributed by atoms with Crippen LogP contribution in [-0.2, 0) is 0 Å². The molecule has 0 heterocycles. The van der Waals surface area contributed by atoms with Crippen LogP contribution in [0.25, 0.3) is 0 Å². The Morgan fingerprint density at radius 1 is 1.42 bits per heavy atom. The molecule has 0 saturated carbocycles. The highest BCUT2D eigenvalue weighted by atomic mass is 35.5. The molecular formula is C8H16ClF2N. The van der Waals surface area contributed by atoms with Crippen molar-refractivity contribution in [2.24, 2.45) is 5.92 Å². The molecule has 1 N–H and O–H groups in total. The van der Waals surface area contributed by atoms with E-state index in [2.05, 4.69) is 12.2 Å². The Labute approximate surface area is 77.5 Å². The molecule has 0 aromatic heterocycles. The number of alkyl halides is 3. The fraction of sp³-hybridized carbons (Fsp3) is 1.00. The molecule has 0 rings (SSSR count). The van der Waals surface area contributed by atoms with Crippen LogP contribution in [0, 0.1) is 5.92 Å². The Hall–Kier alpha value is 0.110. The van der Waals surface area contributed by atoms with Crippen LogP contribution in [0.1, 0.15) is 19.8 Å². The van der Waals surface area contributed by atoms with Crippen molar-refractivity contribution in [3.05, 3.63) is 0 Å². The summed E-state index contributed by atoms with van der Waals surface area (Å²) in [5, 5.41) is 2.67. The van der Waals surface area contributed by atoms with E-state index in [0.717, 1.165) is 12.8 Å². The maximum absolute atomic E-state index is 11.6. The zero-order valence-corrected chi connectivity index (χ0v) is 8.08. The molecule has 74 valence electrons. The smallest absolute Gasteiger partial charge is 0.250 e. The lowest BCUT2D eigenvalue weighted by Crippen LogP contribution is -2.22. The molecule has 0 aliphatic heterocycles. The minimum atomic E-state index is -2.24. The molecule has 0 bridgehead atoms. The molecule has 12 heavy (non-hydrogen) atoms. The van der Waals surface area contributed by atoms with Crippen LogP contribution < -0.4 is 5.32 Å². The molecule has 0 aliphatic rings. The van der Waals surface area contributed by atoms with Crippen molar-refractivity contribution in [1.29, 1.82) is 0 Å². The van der Waals surface area contributed by atoms with Crippen LogP contribution in [0.2, 0.25) is 0 Å². The molecule has 0 amide bonds. The van der Waals surface area contributed by atoms with Crippen LogP contribution in [0.15, 0.2) is 0 Å². The average molecular weight is 200 g/mol. The van der Waals surface area contributed by atoms with Gasteiger partial charge in [0.25, 0.3) is 6.43 Å². The third kappa shape index (κ3) is 8.21. The van der Waals surface area contributed by atoms with Crippen LogP contribution in [0.3, 0.4) is 0 Å². The highest BCUT2D eigenvalue weighted by Gasteiger charge is 2.01. The summed E-state index contributed by atoms with van der Waals surface area (Å²) in [5.41, 5.74) is 0. The van der Waals surface area contributed by atoms with Gasteiger partial charge in [-0.05, 0) is 25.3 Å². The van der Waals surface area contributed by atoms with Crippen LogP contribution in [0.4, 0.5) is 8.78 Å². The second kappa shape index (κ2) is 7.74. The van der Waals surface area contributed by atoms with Gasteiger partial charge < -0.3 is 5.32 Å². The van der Waals surface area contributed by atoms with Gasteiger partial charge in [-0.1, -0.05) is 6.92 Å². The number of halogens is 3. The Balaban J connectivity index is 3.00. The van der Waals surface area contributed by atoms with Crippen molar-refractivity contribution in [2.75, 3.05) is 19.0 Å². The normalized spacial score (nSPS) is 13.8. The van der Waals surface area contributed by atoms with Gasteiger partial charge in [-0.2, -0.15) is 0 Å². The predicted octanol–water partition coefficient (Wildman–Crippen LogP) is 2.50. The standard InChI is InChI=1S/C8H16ClF2N/c1-7(5-9)3-2-4-12-6-8(10)11/h7-8,12H,2-6H2,1H3. The summed E-state index contributed by atoms with van der Waals surface area (Å²) in [6.07, 6.45) is -0.323. The molecule has 1 nitrogen and oxygen atoms in total. The number of hydrogen-bond donors (Lipinski definition) is 1. The Kier molecular flexibility index (Phi) is 7.81. The van der Waals surface area contributed by atoms with Gasteiger partial charge in [0.15, 0.2) is 0 Å². The minimum absolute atomic E-state index is 0.199. The molecule has 1 unspecified atom stereocenters. The van der Waals surface area contributed by atoms with Crippen molar-refractivity contribution < 1.29 is 8.78 Å². The molecule has 0 radical (unpaired) electrons. The lowest BCUT2D eigenvalue weighted by atomic mass is 10.1. The molecule has 0 saturated heterocycles. The van der Waals surface area contributed by atoms with Crippen molar-refractivity contribution in [1.82, 2.24) is 5.32 Å². The lowest BCUT2D eigenvalue weighted by molar-refractivity contribution is 0.146. The zero-order chi connectivity index (χ0) is 9.40. The van der Waals surface area contributed by atoms with E-state index in [1.807, 2.05) is 0 Å². The van der Waals surface area contributed by atoms with Crippen molar-refractivity contribution >= 4 is 11.6 Å². The summed E-state index contributed by atoms with van der Waals surface area (Å²) >= 11 is 5.57. The summed E-state index contributed by atoms with van der Waals surface area (Å²) in [6.45, 7) is 2.51. The van der Waals surface area contributed by atoms with Gasteiger partial charge in [0.2, 0.25) is 0 Å². The highest BCUT2D eigenvalue weighted by molar-refractivity contribution is 6.18.